The lowest BCUT2D eigenvalue weighted by Gasteiger charge is -2.30. The van der Waals surface area contributed by atoms with Crippen LogP contribution in [0.2, 0.25) is 0 Å². The average molecular weight is 485 g/mol. The van der Waals surface area contributed by atoms with E-state index in [2.05, 4.69) is 5.32 Å². The number of nitrogens with one attached hydrogen (secondary N) is 1. The van der Waals surface area contributed by atoms with Crippen molar-refractivity contribution in [2.24, 2.45) is 0 Å². The number of ether oxygens (including phenoxy) is 2. The van der Waals surface area contributed by atoms with E-state index >= 15 is 0 Å². The Labute approximate surface area is 189 Å². The second-order valence-electron chi connectivity index (χ2n) is 7.34. The van der Waals surface area contributed by atoms with Gasteiger partial charge < -0.3 is 14.8 Å². The Morgan fingerprint density at radius 1 is 0.938 bits per heavy atom. The highest BCUT2D eigenvalue weighted by Gasteiger charge is 2.32. The van der Waals surface area contributed by atoms with Gasteiger partial charge in [0.05, 0.1) is 37.1 Å². The molecule has 9 nitrogen and oxygen atoms in total. The van der Waals surface area contributed by atoms with Crippen molar-refractivity contribution < 1.29 is 31.1 Å². The van der Waals surface area contributed by atoms with Gasteiger partial charge in [0.2, 0.25) is 15.9 Å². The molecule has 0 aliphatic rings. The molecular weight excluding hydrogens is 456 g/mol. The third-order valence-corrected chi connectivity index (χ3v) is 7.23. The lowest BCUT2D eigenvalue weighted by molar-refractivity contribution is -0.122. The van der Waals surface area contributed by atoms with E-state index in [-0.39, 0.29) is 16.3 Å². The minimum atomic E-state index is -3.87. The van der Waals surface area contributed by atoms with Crippen LogP contribution in [0.15, 0.2) is 47.4 Å². The van der Waals surface area contributed by atoms with Crippen molar-refractivity contribution in [1.29, 1.82) is 0 Å². The Morgan fingerprint density at radius 2 is 1.53 bits per heavy atom. The fraction of sp³-hybridized carbons (Fsp3) is 0.381. The number of benzene rings is 2. The molecule has 1 amide bonds. The van der Waals surface area contributed by atoms with E-state index in [1.165, 1.54) is 39.3 Å². The zero-order chi connectivity index (χ0) is 24.3. The summed E-state index contributed by atoms with van der Waals surface area (Å²) in [5.41, 5.74) is 0.838. The van der Waals surface area contributed by atoms with Gasteiger partial charge in [-0.25, -0.2) is 16.8 Å². The van der Waals surface area contributed by atoms with Gasteiger partial charge in [-0.05, 0) is 43.7 Å². The first-order valence-electron chi connectivity index (χ1n) is 9.61. The van der Waals surface area contributed by atoms with Crippen LogP contribution in [0.25, 0.3) is 0 Å². The summed E-state index contributed by atoms with van der Waals surface area (Å²) in [5.74, 6) is 0.127. The van der Waals surface area contributed by atoms with Gasteiger partial charge in [0, 0.05) is 12.3 Å². The molecule has 0 aliphatic carbocycles. The van der Waals surface area contributed by atoms with Crippen molar-refractivity contribution >= 4 is 31.5 Å². The number of nitrogens with zero attached hydrogens (tertiary/aromatic N) is 1. The molecule has 0 spiro atoms. The topological polar surface area (TPSA) is 119 Å². The van der Waals surface area contributed by atoms with Crippen LogP contribution >= 0.6 is 0 Å². The number of sulfonamides is 1. The van der Waals surface area contributed by atoms with E-state index in [0.29, 0.717) is 11.3 Å². The van der Waals surface area contributed by atoms with E-state index < -0.39 is 37.9 Å². The fourth-order valence-corrected chi connectivity index (χ4v) is 4.97. The first-order chi connectivity index (χ1) is 14.8. The number of hydrogen-bond donors (Lipinski definition) is 1. The van der Waals surface area contributed by atoms with Crippen LogP contribution in [0.1, 0.15) is 25.5 Å². The van der Waals surface area contributed by atoms with Crippen LogP contribution in [-0.4, -0.2) is 55.5 Å². The van der Waals surface area contributed by atoms with Crippen LogP contribution < -0.4 is 19.1 Å². The number of hydrogen-bond acceptors (Lipinski definition) is 7. The van der Waals surface area contributed by atoms with E-state index in [9.17, 15) is 21.6 Å². The molecule has 0 saturated heterocycles. The predicted octanol–water partition coefficient (Wildman–Crippen LogP) is 2.14. The van der Waals surface area contributed by atoms with Gasteiger partial charge in [-0.3, -0.25) is 9.10 Å². The minimum Gasteiger partial charge on any atom is -0.497 e. The zero-order valence-corrected chi connectivity index (χ0v) is 20.5. The van der Waals surface area contributed by atoms with E-state index in [1.807, 2.05) is 0 Å². The van der Waals surface area contributed by atoms with Crippen molar-refractivity contribution in [2.45, 2.75) is 30.8 Å². The SMILES string of the molecule is COc1ccc(OC)c(N([C@@H](C)C(=O)N[C@@H](C)c2ccc(S(C)(=O)=O)cc2)S(C)(=O)=O)c1. The molecule has 0 aromatic heterocycles. The summed E-state index contributed by atoms with van der Waals surface area (Å²) in [5, 5.41) is 2.78. The monoisotopic (exact) mass is 484 g/mol. The summed E-state index contributed by atoms with van der Waals surface area (Å²) in [6.07, 6.45) is 2.12. The van der Waals surface area contributed by atoms with Gasteiger partial charge in [-0.15, -0.1) is 0 Å². The zero-order valence-electron chi connectivity index (χ0n) is 18.8. The largest absolute Gasteiger partial charge is 0.497 e. The predicted molar refractivity (Wildman–Crippen MR) is 122 cm³/mol. The number of anilines is 1. The van der Waals surface area contributed by atoms with Gasteiger partial charge >= 0.3 is 0 Å². The van der Waals surface area contributed by atoms with Crippen LogP contribution in [0.4, 0.5) is 5.69 Å². The Hall–Kier alpha value is -2.79. The number of rotatable bonds is 9. The molecule has 0 unspecified atom stereocenters. The number of carbonyl (C=O) groups is 1. The van der Waals surface area contributed by atoms with Gasteiger partial charge in [-0.1, -0.05) is 12.1 Å². The molecule has 0 aliphatic heterocycles. The van der Waals surface area contributed by atoms with Gasteiger partial charge in [0.15, 0.2) is 9.84 Å². The Kier molecular flexibility index (Phi) is 7.79. The molecule has 11 heteroatoms. The third-order valence-electron chi connectivity index (χ3n) is 4.88. The van der Waals surface area contributed by atoms with Gasteiger partial charge in [-0.2, -0.15) is 0 Å². The third kappa shape index (κ3) is 5.92. The quantitative estimate of drug-likeness (QED) is 0.579. The number of amides is 1. The van der Waals surface area contributed by atoms with Gasteiger partial charge in [0.1, 0.15) is 17.5 Å². The summed E-state index contributed by atoms with van der Waals surface area (Å²) in [6, 6.07) is 9.18. The Balaban J connectivity index is 2.33. The second-order valence-corrected chi connectivity index (χ2v) is 11.2. The molecule has 2 aromatic carbocycles. The number of sulfone groups is 1. The Morgan fingerprint density at radius 3 is 2.00 bits per heavy atom. The fourth-order valence-electron chi connectivity index (χ4n) is 3.17. The van der Waals surface area contributed by atoms with E-state index in [4.69, 9.17) is 9.47 Å². The van der Waals surface area contributed by atoms with Crippen LogP contribution in [0, 0.1) is 0 Å². The van der Waals surface area contributed by atoms with Gasteiger partial charge in [0.25, 0.3) is 0 Å². The average Bonchev–Trinajstić information content (AvgIpc) is 2.72. The minimum absolute atomic E-state index is 0.168. The number of carbonyl (C=O) groups excluding carboxylic acids is 1. The van der Waals surface area contributed by atoms with E-state index in [0.717, 1.165) is 16.8 Å². The summed E-state index contributed by atoms with van der Waals surface area (Å²) in [7, 11) is -4.36. The highest BCUT2D eigenvalue weighted by Crippen LogP contribution is 2.35. The van der Waals surface area contributed by atoms with Crippen LogP contribution in [0.5, 0.6) is 11.5 Å². The highest BCUT2D eigenvalue weighted by molar-refractivity contribution is 7.92. The van der Waals surface area contributed by atoms with Crippen molar-refractivity contribution in [2.75, 3.05) is 31.0 Å². The van der Waals surface area contributed by atoms with Crippen molar-refractivity contribution in [3.8, 4) is 11.5 Å². The summed E-state index contributed by atoms with van der Waals surface area (Å²) in [4.78, 5) is 13.2. The normalized spacial score (nSPS) is 13.7. The number of methoxy groups -OCH3 is 2. The molecule has 2 aromatic rings. The summed E-state index contributed by atoms with van der Waals surface area (Å²) >= 11 is 0. The first kappa shape index (κ1) is 25.5. The lowest BCUT2D eigenvalue weighted by Crippen LogP contribution is -2.48. The standard InChI is InChI=1S/C21H28N2O7S2/c1-14(16-7-10-18(11-8-16)31(5,25)26)22-21(24)15(2)23(32(6,27)28)19-13-17(29-3)9-12-20(19)30-4/h7-15H,1-6H3,(H,22,24)/t14-,15-/m0/s1. The highest BCUT2D eigenvalue weighted by atomic mass is 32.2. The lowest BCUT2D eigenvalue weighted by atomic mass is 10.1. The van der Waals surface area contributed by atoms with Crippen molar-refractivity contribution in [1.82, 2.24) is 5.32 Å². The smallest absolute Gasteiger partial charge is 0.244 e. The molecule has 32 heavy (non-hydrogen) atoms. The van der Waals surface area contributed by atoms with Crippen molar-refractivity contribution in [3.63, 3.8) is 0 Å². The molecule has 0 radical (unpaired) electrons. The van der Waals surface area contributed by atoms with Crippen LogP contribution in [-0.2, 0) is 24.7 Å². The molecule has 2 rings (SSSR count). The van der Waals surface area contributed by atoms with Crippen LogP contribution in [0.3, 0.4) is 0 Å². The molecule has 0 saturated carbocycles. The second kappa shape index (κ2) is 9.78. The first-order valence-corrected chi connectivity index (χ1v) is 13.4. The molecular formula is C21H28N2O7S2. The van der Waals surface area contributed by atoms with Crippen molar-refractivity contribution in [3.05, 3.63) is 48.0 Å². The molecule has 1 N–H and O–H groups in total. The maximum atomic E-state index is 13.0. The Bertz CT molecular complexity index is 1180. The summed E-state index contributed by atoms with van der Waals surface area (Å²) in [6.45, 7) is 3.19. The maximum absolute atomic E-state index is 13.0. The summed E-state index contributed by atoms with van der Waals surface area (Å²) < 4.78 is 60.0. The maximum Gasteiger partial charge on any atom is 0.244 e. The molecule has 0 fully saturated rings. The molecule has 176 valence electrons. The molecule has 0 heterocycles. The molecule has 2 atom stereocenters. The molecule has 0 bridgehead atoms. The van der Waals surface area contributed by atoms with E-state index in [1.54, 1.807) is 31.2 Å².